The lowest BCUT2D eigenvalue weighted by Crippen LogP contribution is -2.44. The van der Waals surface area contributed by atoms with E-state index in [0.29, 0.717) is 11.3 Å². The van der Waals surface area contributed by atoms with Crippen molar-refractivity contribution >= 4 is 11.7 Å². The van der Waals surface area contributed by atoms with Crippen LogP contribution in [0, 0.1) is 0 Å². The molecule has 3 rings (SSSR count). The second-order valence-electron chi connectivity index (χ2n) is 5.55. The summed E-state index contributed by atoms with van der Waals surface area (Å²) < 4.78 is 7.57. The summed E-state index contributed by atoms with van der Waals surface area (Å²) in [6, 6.07) is 7.26. The molecule has 1 aliphatic heterocycles. The fourth-order valence-corrected chi connectivity index (χ4v) is 2.95. The maximum atomic E-state index is 12.6. The van der Waals surface area contributed by atoms with E-state index in [1.165, 1.54) is 18.7 Å². The molecule has 0 bridgehead atoms. The number of benzene rings is 1. The van der Waals surface area contributed by atoms with Gasteiger partial charge in [0.2, 0.25) is 5.91 Å². The first-order chi connectivity index (χ1) is 10.9. The Hall–Kier alpha value is -2.83. The first-order valence-corrected chi connectivity index (χ1v) is 7.17. The Morgan fingerprint density at radius 2 is 1.91 bits per heavy atom. The third kappa shape index (κ3) is 2.34. The lowest BCUT2D eigenvalue weighted by Gasteiger charge is -2.27. The molecule has 0 saturated heterocycles. The largest absolute Gasteiger partial charge is 0.497 e. The van der Waals surface area contributed by atoms with E-state index < -0.39 is 17.2 Å². The van der Waals surface area contributed by atoms with Crippen LogP contribution >= 0.6 is 0 Å². The summed E-state index contributed by atoms with van der Waals surface area (Å²) in [5.74, 6) is 0.270. The number of carbonyl (C=O) groups excluding carboxylic acids is 1. The minimum absolute atomic E-state index is 0.146. The summed E-state index contributed by atoms with van der Waals surface area (Å²) in [5.41, 5.74) is 0.356. The third-order valence-corrected chi connectivity index (χ3v) is 4.19. The van der Waals surface area contributed by atoms with Crippen molar-refractivity contribution in [2.75, 3.05) is 12.4 Å². The smallest absolute Gasteiger partial charge is 0.332 e. The maximum absolute atomic E-state index is 12.6. The van der Waals surface area contributed by atoms with Gasteiger partial charge in [-0.3, -0.25) is 18.7 Å². The van der Waals surface area contributed by atoms with E-state index in [1.807, 2.05) is 12.1 Å². The molecule has 0 spiro atoms. The quantitative estimate of drug-likeness (QED) is 0.878. The van der Waals surface area contributed by atoms with Crippen LogP contribution in [-0.2, 0) is 18.9 Å². The number of hydrogen-bond acceptors (Lipinski definition) is 4. The fourth-order valence-electron chi connectivity index (χ4n) is 2.95. The SMILES string of the molecule is COc1cccc(C2CC(=O)Nc3c2c(=O)n(C)c(=O)n3C)c1. The van der Waals surface area contributed by atoms with Crippen molar-refractivity contribution < 1.29 is 9.53 Å². The average Bonchev–Trinajstić information content (AvgIpc) is 2.57. The normalized spacial score (nSPS) is 16.7. The summed E-state index contributed by atoms with van der Waals surface area (Å²) in [5, 5.41) is 2.64. The molecule has 1 aliphatic rings. The van der Waals surface area contributed by atoms with Gasteiger partial charge in [0.25, 0.3) is 5.56 Å². The molecule has 7 nitrogen and oxygen atoms in total. The van der Waals surface area contributed by atoms with Crippen molar-refractivity contribution in [3.63, 3.8) is 0 Å². The lowest BCUT2D eigenvalue weighted by molar-refractivity contribution is -0.116. The van der Waals surface area contributed by atoms with Crippen LogP contribution in [0.3, 0.4) is 0 Å². The predicted molar refractivity (Wildman–Crippen MR) is 85.0 cm³/mol. The van der Waals surface area contributed by atoms with E-state index >= 15 is 0 Å². The Morgan fingerprint density at radius 3 is 2.61 bits per heavy atom. The van der Waals surface area contributed by atoms with Crippen molar-refractivity contribution in [1.82, 2.24) is 9.13 Å². The molecule has 1 unspecified atom stereocenters. The predicted octanol–water partition coefficient (Wildman–Crippen LogP) is 0.567. The van der Waals surface area contributed by atoms with Crippen molar-refractivity contribution in [3.8, 4) is 5.75 Å². The van der Waals surface area contributed by atoms with Gasteiger partial charge in [-0.05, 0) is 17.7 Å². The van der Waals surface area contributed by atoms with Gasteiger partial charge < -0.3 is 10.1 Å². The van der Waals surface area contributed by atoms with Crippen LogP contribution in [0.5, 0.6) is 5.75 Å². The number of carbonyl (C=O) groups is 1. The Bertz CT molecular complexity index is 911. The molecule has 1 atom stereocenters. The third-order valence-electron chi connectivity index (χ3n) is 4.19. The van der Waals surface area contributed by atoms with E-state index in [9.17, 15) is 14.4 Å². The van der Waals surface area contributed by atoms with E-state index in [2.05, 4.69) is 5.32 Å². The highest BCUT2D eigenvalue weighted by atomic mass is 16.5. The Morgan fingerprint density at radius 1 is 1.17 bits per heavy atom. The number of nitrogens with one attached hydrogen (secondary N) is 1. The van der Waals surface area contributed by atoms with Crippen LogP contribution in [0.2, 0.25) is 0 Å². The second kappa shape index (κ2) is 5.42. The van der Waals surface area contributed by atoms with Crippen LogP contribution in [0.15, 0.2) is 33.9 Å². The molecule has 7 heteroatoms. The zero-order valence-corrected chi connectivity index (χ0v) is 13.1. The maximum Gasteiger partial charge on any atom is 0.332 e. The summed E-state index contributed by atoms with van der Waals surface area (Å²) in [7, 11) is 4.53. The van der Waals surface area contributed by atoms with Crippen molar-refractivity contribution in [1.29, 1.82) is 0 Å². The van der Waals surface area contributed by atoms with Gasteiger partial charge >= 0.3 is 5.69 Å². The molecule has 2 aromatic rings. The minimum Gasteiger partial charge on any atom is -0.497 e. The molecule has 0 aliphatic carbocycles. The van der Waals surface area contributed by atoms with Gasteiger partial charge in [0, 0.05) is 26.4 Å². The molecule has 2 heterocycles. The number of fused-ring (bicyclic) bond motifs is 1. The Labute approximate surface area is 132 Å². The van der Waals surface area contributed by atoms with E-state index in [0.717, 1.165) is 10.1 Å². The topological polar surface area (TPSA) is 82.3 Å². The van der Waals surface area contributed by atoms with Crippen molar-refractivity contribution in [2.24, 2.45) is 14.1 Å². The number of aromatic nitrogens is 2. The minimum atomic E-state index is -0.472. The molecule has 1 aromatic carbocycles. The molecular formula is C16H17N3O4. The molecule has 23 heavy (non-hydrogen) atoms. The van der Waals surface area contributed by atoms with Gasteiger partial charge in [-0.25, -0.2) is 4.79 Å². The number of amides is 1. The first-order valence-electron chi connectivity index (χ1n) is 7.17. The van der Waals surface area contributed by atoms with Crippen molar-refractivity contribution in [2.45, 2.75) is 12.3 Å². The highest BCUT2D eigenvalue weighted by Gasteiger charge is 2.32. The van der Waals surface area contributed by atoms with Crippen LogP contribution in [-0.4, -0.2) is 22.2 Å². The molecule has 1 aromatic heterocycles. The van der Waals surface area contributed by atoms with E-state index in [1.54, 1.807) is 19.2 Å². The highest BCUT2D eigenvalue weighted by Crippen LogP contribution is 2.35. The number of ether oxygens (including phenoxy) is 1. The lowest BCUT2D eigenvalue weighted by atomic mass is 9.86. The number of nitrogens with zero attached hydrogens (tertiary/aromatic N) is 2. The molecule has 0 fully saturated rings. The van der Waals surface area contributed by atoms with E-state index in [4.69, 9.17) is 4.74 Å². The van der Waals surface area contributed by atoms with Crippen LogP contribution in [0.25, 0.3) is 0 Å². The van der Waals surface area contributed by atoms with Crippen molar-refractivity contribution in [3.05, 3.63) is 56.2 Å². The number of hydrogen-bond donors (Lipinski definition) is 1. The zero-order chi connectivity index (χ0) is 16.7. The Kier molecular flexibility index (Phi) is 3.55. The van der Waals surface area contributed by atoms with Gasteiger partial charge in [0.05, 0.1) is 12.7 Å². The fraction of sp³-hybridized carbons (Fsp3) is 0.312. The van der Waals surface area contributed by atoms with Gasteiger partial charge in [-0.1, -0.05) is 12.1 Å². The molecule has 1 amide bonds. The van der Waals surface area contributed by atoms with Gasteiger partial charge in [0.1, 0.15) is 11.6 Å². The van der Waals surface area contributed by atoms with Crippen LogP contribution < -0.4 is 21.3 Å². The van der Waals surface area contributed by atoms with Crippen LogP contribution in [0.1, 0.15) is 23.5 Å². The summed E-state index contributed by atoms with van der Waals surface area (Å²) in [6.07, 6.45) is 0.146. The molecular weight excluding hydrogens is 298 g/mol. The van der Waals surface area contributed by atoms with Gasteiger partial charge in [-0.15, -0.1) is 0 Å². The zero-order valence-electron chi connectivity index (χ0n) is 13.1. The molecule has 0 radical (unpaired) electrons. The van der Waals surface area contributed by atoms with Crippen LogP contribution in [0.4, 0.5) is 5.82 Å². The van der Waals surface area contributed by atoms with Gasteiger partial charge in [-0.2, -0.15) is 0 Å². The number of rotatable bonds is 2. The summed E-state index contributed by atoms with van der Waals surface area (Å²) in [6.45, 7) is 0. The number of anilines is 1. The summed E-state index contributed by atoms with van der Waals surface area (Å²) >= 11 is 0. The standard InChI is InChI=1S/C16H17N3O4/c1-18-14-13(15(21)19(2)16(18)22)11(8-12(20)17-14)9-5-4-6-10(7-9)23-3/h4-7,11H,8H2,1-3H3,(H,17,20). The second-order valence-corrected chi connectivity index (χ2v) is 5.55. The first kappa shape index (κ1) is 15.1. The monoisotopic (exact) mass is 315 g/mol. The molecule has 0 saturated carbocycles. The summed E-state index contributed by atoms with van der Waals surface area (Å²) in [4.78, 5) is 36.7. The average molecular weight is 315 g/mol. The Balaban J connectivity index is 2.29. The highest BCUT2D eigenvalue weighted by molar-refractivity contribution is 5.94. The molecule has 1 N–H and O–H groups in total. The molecule has 120 valence electrons. The number of methoxy groups -OCH3 is 1. The van der Waals surface area contributed by atoms with E-state index in [-0.39, 0.29) is 18.1 Å². The van der Waals surface area contributed by atoms with Gasteiger partial charge in [0.15, 0.2) is 0 Å².